The largest absolute Gasteiger partial charge is 0.453 e. The van der Waals surface area contributed by atoms with E-state index in [2.05, 4.69) is 25.0 Å². The van der Waals surface area contributed by atoms with Gasteiger partial charge in [0, 0.05) is 11.8 Å². The maximum atomic E-state index is 14.9. The van der Waals surface area contributed by atoms with Gasteiger partial charge in [0.2, 0.25) is 0 Å². The first-order valence-corrected chi connectivity index (χ1v) is 10.8. The Bertz CT molecular complexity index is 1540. The van der Waals surface area contributed by atoms with E-state index >= 15 is 0 Å². The summed E-state index contributed by atoms with van der Waals surface area (Å²) in [6.45, 7) is 2.20. The molecule has 1 aliphatic carbocycles. The van der Waals surface area contributed by atoms with Crippen molar-refractivity contribution in [2.75, 3.05) is 0 Å². The first kappa shape index (κ1) is 20.1. The van der Waals surface area contributed by atoms with Crippen LogP contribution in [0.25, 0.3) is 33.3 Å². The monoisotopic (exact) mass is 464 g/mol. The number of aromatic amines is 1. The third-order valence-electron chi connectivity index (χ3n) is 5.73. The van der Waals surface area contributed by atoms with Crippen molar-refractivity contribution in [2.45, 2.75) is 31.9 Å². The number of hydrogen-bond donors (Lipinski definition) is 2. The van der Waals surface area contributed by atoms with Crippen molar-refractivity contribution >= 4 is 33.7 Å². The number of imidazole rings is 1. The number of benzene rings is 2. The minimum absolute atomic E-state index is 0.0126. The Morgan fingerprint density at radius 2 is 1.97 bits per heavy atom. The number of halogens is 2. The lowest BCUT2D eigenvalue weighted by molar-refractivity contribution is 0.125. The zero-order valence-electron chi connectivity index (χ0n) is 17.5. The van der Waals surface area contributed by atoms with Gasteiger partial charge in [0.15, 0.2) is 11.6 Å². The van der Waals surface area contributed by atoms with Crippen LogP contribution in [0.1, 0.15) is 18.7 Å². The molecule has 166 valence electrons. The number of aliphatic hydroxyl groups is 1. The van der Waals surface area contributed by atoms with Crippen LogP contribution in [0.2, 0.25) is 5.02 Å². The van der Waals surface area contributed by atoms with Crippen LogP contribution >= 0.6 is 11.6 Å². The summed E-state index contributed by atoms with van der Waals surface area (Å²) in [4.78, 5) is 16.3. The molecule has 6 rings (SSSR count). The van der Waals surface area contributed by atoms with Crippen LogP contribution in [0.4, 0.5) is 4.39 Å². The normalized spacial score (nSPS) is 14.8. The number of aromatic nitrogens is 6. The Morgan fingerprint density at radius 1 is 1.15 bits per heavy atom. The predicted octanol–water partition coefficient (Wildman–Crippen LogP) is 4.79. The molecule has 3 heterocycles. The van der Waals surface area contributed by atoms with Crippen molar-refractivity contribution in [3.05, 3.63) is 59.5 Å². The number of ether oxygens (including phenoxy) is 1. The van der Waals surface area contributed by atoms with Gasteiger partial charge in [-0.1, -0.05) is 11.6 Å². The summed E-state index contributed by atoms with van der Waals surface area (Å²) in [6, 6.07) is 6.58. The van der Waals surface area contributed by atoms with Crippen LogP contribution in [0, 0.1) is 12.7 Å². The fraction of sp³-hybridized carbons (Fsp3) is 0.217. The fourth-order valence-electron chi connectivity index (χ4n) is 3.77. The van der Waals surface area contributed by atoms with Gasteiger partial charge >= 0.3 is 0 Å². The standard InChI is InChI=1S/C23H18ClFN6O2/c1-12-28-15-3-5-18(20(25)22(15)29-12)33-17-4-2-14-21(19(17)24)30-16(9-26-14)13-8-27-31(10-13)11-23(32)6-7-23/h2-5,8-10,32H,6-7,11H2,1H3,(H,28,29). The molecule has 3 aromatic heterocycles. The maximum Gasteiger partial charge on any atom is 0.193 e. The highest BCUT2D eigenvalue weighted by Gasteiger charge is 2.40. The Morgan fingerprint density at radius 3 is 2.79 bits per heavy atom. The minimum Gasteiger partial charge on any atom is -0.453 e. The molecule has 0 radical (unpaired) electrons. The molecule has 2 N–H and O–H groups in total. The summed E-state index contributed by atoms with van der Waals surface area (Å²) in [5, 5.41) is 14.7. The average molecular weight is 465 g/mol. The molecule has 0 aliphatic heterocycles. The number of nitrogens with one attached hydrogen (secondary N) is 1. The molecule has 2 aromatic carbocycles. The molecule has 1 aliphatic rings. The first-order chi connectivity index (χ1) is 15.9. The number of fused-ring (bicyclic) bond motifs is 2. The van der Waals surface area contributed by atoms with E-state index in [0.717, 1.165) is 18.4 Å². The van der Waals surface area contributed by atoms with Gasteiger partial charge in [-0.25, -0.2) is 14.4 Å². The van der Waals surface area contributed by atoms with Crippen LogP contribution < -0.4 is 4.74 Å². The zero-order valence-corrected chi connectivity index (χ0v) is 18.3. The molecule has 5 aromatic rings. The molecule has 0 atom stereocenters. The average Bonchev–Trinajstić information content (AvgIpc) is 3.17. The van der Waals surface area contributed by atoms with Gasteiger partial charge in [-0.05, 0) is 44.0 Å². The summed E-state index contributed by atoms with van der Waals surface area (Å²) < 4.78 is 22.4. The van der Waals surface area contributed by atoms with E-state index in [4.69, 9.17) is 16.3 Å². The van der Waals surface area contributed by atoms with Crippen molar-refractivity contribution in [1.29, 1.82) is 0 Å². The molecule has 0 saturated heterocycles. The summed E-state index contributed by atoms with van der Waals surface area (Å²) in [6.07, 6.45) is 6.69. The van der Waals surface area contributed by atoms with Gasteiger partial charge in [-0.3, -0.25) is 9.67 Å². The van der Waals surface area contributed by atoms with Gasteiger partial charge in [0.05, 0.1) is 41.3 Å². The maximum absolute atomic E-state index is 14.9. The number of rotatable bonds is 5. The molecule has 8 nitrogen and oxygen atoms in total. The Labute approximate surface area is 192 Å². The SMILES string of the molecule is Cc1nc2c(F)c(Oc3ccc4ncc(-c5cnn(CC6(O)CC6)c5)nc4c3Cl)ccc2[nH]1. The molecule has 1 fully saturated rings. The number of H-pyrrole nitrogens is 1. The number of hydrogen-bond acceptors (Lipinski definition) is 6. The second kappa shape index (κ2) is 7.23. The molecule has 33 heavy (non-hydrogen) atoms. The highest BCUT2D eigenvalue weighted by molar-refractivity contribution is 6.36. The summed E-state index contributed by atoms with van der Waals surface area (Å²) in [7, 11) is 0. The van der Waals surface area contributed by atoms with Crippen LogP contribution in [0.5, 0.6) is 11.5 Å². The lowest BCUT2D eigenvalue weighted by Crippen LogP contribution is -2.16. The second-order valence-corrected chi connectivity index (χ2v) is 8.73. The lowest BCUT2D eigenvalue weighted by Gasteiger charge is -2.10. The van der Waals surface area contributed by atoms with Gasteiger partial charge < -0.3 is 14.8 Å². The van der Waals surface area contributed by atoms with E-state index in [1.54, 1.807) is 42.2 Å². The van der Waals surface area contributed by atoms with E-state index < -0.39 is 11.4 Å². The third kappa shape index (κ3) is 3.59. The van der Waals surface area contributed by atoms with E-state index in [9.17, 15) is 9.50 Å². The topological polar surface area (TPSA) is 102 Å². The summed E-state index contributed by atoms with van der Waals surface area (Å²) in [5.74, 6) is 0.311. The molecule has 0 spiro atoms. The molecule has 0 unspecified atom stereocenters. The minimum atomic E-state index is -0.652. The Hall–Kier alpha value is -3.56. The van der Waals surface area contributed by atoms with E-state index in [0.29, 0.717) is 34.6 Å². The van der Waals surface area contributed by atoms with Crippen molar-refractivity contribution in [3.8, 4) is 22.8 Å². The molecular weight excluding hydrogens is 447 g/mol. The summed E-state index contributed by atoms with van der Waals surface area (Å²) in [5.41, 5.74) is 2.48. The number of nitrogens with zero attached hydrogens (tertiary/aromatic N) is 5. The predicted molar refractivity (Wildman–Crippen MR) is 121 cm³/mol. The smallest absolute Gasteiger partial charge is 0.193 e. The zero-order chi connectivity index (χ0) is 22.7. The van der Waals surface area contributed by atoms with Crippen molar-refractivity contribution in [2.24, 2.45) is 0 Å². The van der Waals surface area contributed by atoms with E-state index in [1.807, 2.05) is 6.20 Å². The Kier molecular flexibility index (Phi) is 4.40. The van der Waals surface area contributed by atoms with Gasteiger partial charge in [0.25, 0.3) is 0 Å². The van der Waals surface area contributed by atoms with E-state index in [-0.39, 0.29) is 22.0 Å². The summed E-state index contributed by atoms with van der Waals surface area (Å²) >= 11 is 6.60. The van der Waals surface area contributed by atoms with Gasteiger partial charge in [-0.2, -0.15) is 5.10 Å². The molecule has 10 heteroatoms. The second-order valence-electron chi connectivity index (χ2n) is 8.35. The molecule has 0 amide bonds. The highest BCUT2D eigenvalue weighted by Crippen LogP contribution is 2.38. The van der Waals surface area contributed by atoms with E-state index in [1.165, 1.54) is 6.07 Å². The van der Waals surface area contributed by atoms with Crippen LogP contribution in [0.15, 0.2) is 42.9 Å². The lowest BCUT2D eigenvalue weighted by atomic mass is 10.2. The first-order valence-electron chi connectivity index (χ1n) is 10.4. The highest BCUT2D eigenvalue weighted by atomic mass is 35.5. The molecule has 1 saturated carbocycles. The van der Waals surface area contributed by atoms with Gasteiger partial charge in [-0.15, -0.1) is 0 Å². The van der Waals surface area contributed by atoms with Crippen LogP contribution in [-0.2, 0) is 6.54 Å². The van der Waals surface area contributed by atoms with Crippen LogP contribution in [-0.4, -0.2) is 40.4 Å². The quantitative estimate of drug-likeness (QED) is 0.388. The van der Waals surface area contributed by atoms with Crippen molar-refractivity contribution in [1.82, 2.24) is 29.7 Å². The van der Waals surface area contributed by atoms with Crippen molar-refractivity contribution in [3.63, 3.8) is 0 Å². The van der Waals surface area contributed by atoms with Crippen molar-refractivity contribution < 1.29 is 14.2 Å². The Balaban J connectivity index is 1.35. The number of aryl methyl sites for hydroxylation is 1. The van der Waals surface area contributed by atoms with Gasteiger partial charge in [0.1, 0.15) is 27.6 Å². The third-order valence-corrected chi connectivity index (χ3v) is 6.09. The van der Waals surface area contributed by atoms with Crippen LogP contribution in [0.3, 0.4) is 0 Å². The molecular formula is C23H18ClFN6O2. The fourth-order valence-corrected chi connectivity index (χ4v) is 4.02. The molecule has 0 bridgehead atoms.